The first-order chi connectivity index (χ1) is 6.15. The van der Waals surface area contributed by atoms with E-state index in [0.717, 1.165) is 5.56 Å². The Balaban J connectivity index is 2.84. The van der Waals surface area contributed by atoms with Crippen molar-refractivity contribution in [1.82, 2.24) is 0 Å². The topological polar surface area (TPSA) is 35.2 Å². The lowest BCUT2D eigenvalue weighted by Crippen LogP contribution is -2.16. The fourth-order valence-electron chi connectivity index (χ4n) is 1.02. The third kappa shape index (κ3) is 2.89. The Labute approximate surface area is 90.4 Å². The highest BCUT2D eigenvalue weighted by Gasteiger charge is 2.07. The van der Waals surface area contributed by atoms with Crippen molar-refractivity contribution in [2.45, 2.75) is 6.04 Å². The Hall–Kier alpha value is -0.200. The maximum Gasteiger partial charge on any atom is 0.136 e. The summed E-state index contributed by atoms with van der Waals surface area (Å²) in [5.41, 5.74) is 6.67. The van der Waals surface area contributed by atoms with Crippen LogP contribution in [0, 0.1) is 9.39 Å². The minimum atomic E-state index is -0.214. The van der Waals surface area contributed by atoms with Gasteiger partial charge in [0.2, 0.25) is 0 Å². The molecule has 1 aromatic carbocycles. The van der Waals surface area contributed by atoms with E-state index >= 15 is 0 Å². The van der Waals surface area contributed by atoms with E-state index in [2.05, 4.69) is 0 Å². The zero-order chi connectivity index (χ0) is 9.84. The second-order valence-corrected chi connectivity index (χ2v) is 3.90. The van der Waals surface area contributed by atoms with Crippen LogP contribution in [0.5, 0.6) is 0 Å². The maximum absolute atomic E-state index is 12.9. The number of nitrogens with two attached hydrogens (primary N) is 1. The SMILES string of the molecule is COC[C@@H](N)c1ccc(F)c(I)c1. The highest BCUT2D eigenvalue weighted by molar-refractivity contribution is 14.1. The minimum Gasteiger partial charge on any atom is -0.383 e. The molecule has 0 saturated heterocycles. The molecule has 0 aromatic heterocycles. The van der Waals surface area contributed by atoms with Gasteiger partial charge < -0.3 is 10.5 Å². The predicted molar refractivity (Wildman–Crippen MR) is 57.9 cm³/mol. The van der Waals surface area contributed by atoms with Crippen LogP contribution in [0.1, 0.15) is 11.6 Å². The Morgan fingerprint density at radius 3 is 2.85 bits per heavy atom. The standard InChI is InChI=1S/C9H11FINO/c1-13-5-9(12)6-2-3-7(10)8(11)4-6/h2-4,9H,5,12H2,1H3/t9-/m1/s1. The van der Waals surface area contributed by atoms with Crippen LogP contribution >= 0.6 is 22.6 Å². The minimum absolute atomic E-state index is 0.181. The van der Waals surface area contributed by atoms with E-state index in [0.29, 0.717) is 10.2 Å². The van der Waals surface area contributed by atoms with E-state index in [1.165, 1.54) is 6.07 Å². The fraction of sp³-hybridized carbons (Fsp3) is 0.333. The molecule has 4 heteroatoms. The summed E-state index contributed by atoms with van der Waals surface area (Å²) in [6, 6.07) is 4.66. The van der Waals surface area contributed by atoms with Gasteiger partial charge in [-0.15, -0.1) is 0 Å². The lowest BCUT2D eigenvalue weighted by Gasteiger charge is -2.10. The van der Waals surface area contributed by atoms with Crippen molar-refractivity contribution in [3.8, 4) is 0 Å². The smallest absolute Gasteiger partial charge is 0.136 e. The quantitative estimate of drug-likeness (QED) is 0.867. The molecule has 0 unspecified atom stereocenters. The number of benzene rings is 1. The maximum atomic E-state index is 12.9. The summed E-state index contributed by atoms with van der Waals surface area (Å²) in [6.45, 7) is 0.446. The van der Waals surface area contributed by atoms with Crippen molar-refractivity contribution in [2.24, 2.45) is 5.73 Å². The van der Waals surface area contributed by atoms with Gasteiger partial charge in [-0.05, 0) is 40.3 Å². The van der Waals surface area contributed by atoms with Crippen molar-refractivity contribution >= 4 is 22.6 Å². The number of halogens is 2. The Kier molecular flexibility index (Phi) is 4.08. The van der Waals surface area contributed by atoms with Crippen LogP contribution in [0.15, 0.2) is 18.2 Å². The molecule has 1 aromatic rings. The summed E-state index contributed by atoms with van der Waals surface area (Å²) in [5, 5.41) is 0. The molecule has 13 heavy (non-hydrogen) atoms. The van der Waals surface area contributed by atoms with Crippen molar-refractivity contribution < 1.29 is 9.13 Å². The molecule has 1 atom stereocenters. The van der Waals surface area contributed by atoms with Gasteiger partial charge in [-0.25, -0.2) is 4.39 Å². The molecular formula is C9H11FINO. The van der Waals surface area contributed by atoms with Crippen molar-refractivity contribution in [2.75, 3.05) is 13.7 Å². The fourth-order valence-corrected chi connectivity index (χ4v) is 1.56. The van der Waals surface area contributed by atoms with E-state index in [-0.39, 0.29) is 11.9 Å². The molecule has 2 nitrogen and oxygen atoms in total. The van der Waals surface area contributed by atoms with E-state index in [4.69, 9.17) is 10.5 Å². The Morgan fingerprint density at radius 1 is 1.62 bits per heavy atom. The van der Waals surface area contributed by atoms with Crippen LogP contribution < -0.4 is 5.73 Å². The molecule has 1 rings (SSSR count). The average molecular weight is 295 g/mol. The molecule has 0 aliphatic rings. The molecule has 72 valence electrons. The number of methoxy groups -OCH3 is 1. The van der Waals surface area contributed by atoms with Gasteiger partial charge in [0.15, 0.2) is 0 Å². The molecule has 0 fully saturated rings. The summed E-state index contributed by atoms with van der Waals surface area (Å²) < 4.78 is 18.4. The van der Waals surface area contributed by atoms with Gasteiger partial charge in [0.25, 0.3) is 0 Å². The molecule has 0 amide bonds. The van der Waals surface area contributed by atoms with Gasteiger partial charge >= 0.3 is 0 Å². The summed E-state index contributed by atoms with van der Waals surface area (Å²) in [6.07, 6.45) is 0. The van der Waals surface area contributed by atoms with E-state index < -0.39 is 0 Å². The first kappa shape index (κ1) is 10.9. The van der Waals surface area contributed by atoms with E-state index in [9.17, 15) is 4.39 Å². The van der Waals surface area contributed by atoms with Crippen LogP contribution in [0.4, 0.5) is 4.39 Å². The first-order valence-electron chi connectivity index (χ1n) is 3.84. The number of ether oxygens (including phenoxy) is 1. The van der Waals surface area contributed by atoms with Crippen LogP contribution in [0.25, 0.3) is 0 Å². The molecule has 0 radical (unpaired) electrons. The zero-order valence-corrected chi connectivity index (χ0v) is 9.42. The van der Waals surface area contributed by atoms with Gasteiger partial charge in [-0.3, -0.25) is 0 Å². The van der Waals surface area contributed by atoms with Crippen LogP contribution in [0.3, 0.4) is 0 Å². The summed E-state index contributed by atoms with van der Waals surface area (Å²) in [7, 11) is 1.59. The van der Waals surface area contributed by atoms with Gasteiger partial charge in [-0.2, -0.15) is 0 Å². The second-order valence-electron chi connectivity index (χ2n) is 2.74. The molecule has 0 bridgehead atoms. The van der Waals surface area contributed by atoms with Crippen molar-refractivity contribution in [3.05, 3.63) is 33.1 Å². The molecule has 2 N–H and O–H groups in total. The lowest BCUT2D eigenvalue weighted by molar-refractivity contribution is 0.181. The van der Waals surface area contributed by atoms with Crippen molar-refractivity contribution in [1.29, 1.82) is 0 Å². The van der Waals surface area contributed by atoms with Crippen LogP contribution in [-0.4, -0.2) is 13.7 Å². The number of rotatable bonds is 3. The average Bonchev–Trinajstić information content (AvgIpc) is 2.10. The van der Waals surface area contributed by atoms with Crippen molar-refractivity contribution in [3.63, 3.8) is 0 Å². The molecule has 0 aliphatic carbocycles. The van der Waals surface area contributed by atoms with Crippen LogP contribution in [-0.2, 0) is 4.74 Å². The van der Waals surface area contributed by atoms with E-state index in [1.54, 1.807) is 19.2 Å². The normalized spacial score (nSPS) is 12.9. The summed E-state index contributed by atoms with van der Waals surface area (Å²) in [5.74, 6) is -0.214. The first-order valence-corrected chi connectivity index (χ1v) is 4.92. The Bertz CT molecular complexity index is 293. The van der Waals surface area contributed by atoms with Gasteiger partial charge in [0, 0.05) is 10.7 Å². The largest absolute Gasteiger partial charge is 0.383 e. The molecular weight excluding hydrogens is 284 g/mol. The Morgan fingerprint density at radius 2 is 2.31 bits per heavy atom. The molecule has 0 spiro atoms. The summed E-state index contributed by atoms with van der Waals surface area (Å²) >= 11 is 1.94. The highest BCUT2D eigenvalue weighted by atomic mass is 127. The molecule has 0 heterocycles. The molecule has 0 saturated carbocycles. The monoisotopic (exact) mass is 295 g/mol. The molecule has 0 aliphatic heterocycles. The van der Waals surface area contributed by atoms with E-state index in [1.807, 2.05) is 22.6 Å². The number of hydrogen-bond donors (Lipinski definition) is 1. The third-order valence-electron chi connectivity index (χ3n) is 1.72. The van der Waals surface area contributed by atoms with Crippen LogP contribution in [0.2, 0.25) is 0 Å². The number of hydrogen-bond acceptors (Lipinski definition) is 2. The van der Waals surface area contributed by atoms with Gasteiger partial charge in [0.1, 0.15) is 5.82 Å². The third-order valence-corrected chi connectivity index (χ3v) is 2.54. The summed E-state index contributed by atoms with van der Waals surface area (Å²) in [4.78, 5) is 0. The highest BCUT2D eigenvalue weighted by Crippen LogP contribution is 2.17. The van der Waals surface area contributed by atoms with Gasteiger partial charge in [-0.1, -0.05) is 6.07 Å². The lowest BCUT2D eigenvalue weighted by atomic mass is 10.1. The predicted octanol–water partition coefficient (Wildman–Crippen LogP) is 2.08. The zero-order valence-electron chi connectivity index (χ0n) is 7.26. The second kappa shape index (κ2) is 4.88. The van der Waals surface area contributed by atoms with Gasteiger partial charge in [0.05, 0.1) is 12.6 Å².